The van der Waals surface area contributed by atoms with Gasteiger partial charge in [0.25, 0.3) is 5.91 Å². The van der Waals surface area contributed by atoms with Crippen LogP contribution in [0.2, 0.25) is 0 Å². The quantitative estimate of drug-likeness (QED) is 0.527. The molecule has 3 aromatic carbocycles. The van der Waals surface area contributed by atoms with Gasteiger partial charge in [-0.1, -0.05) is 66.2 Å². The molecule has 164 valence electrons. The maximum absolute atomic E-state index is 13.7. The topological polar surface area (TPSA) is 66.5 Å². The zero-order valence-corrected chi connectivity index (χ0v) is 19.0. The number of nitrogens with one attached hydrogen (secondary N) is 1. The zero-order chi connectivity index (χ0) is 22.7. The minimum atomic E-state index is -3.79. The van der Waals surface area contributed by atoms with Crippen molar-refractivity contribution in [2.45, 2.75) is 31.7 Å². The molecule has 32 heavy (non-hydrogen) atoms. The van der Waals surface area contributed by atoms with Crippen LogP contribution in [0.25, 0.3) is 5.57 Å². The molecule has 0 atom stereocenters. The van der Waals surface area contributed by atoms with E-state index in [0.717, 1.165) is 16.7 Å². The van der Waals surface area contributed by atoms with Crippen molar-refractivity contribution < 1.29 is 13.2 Å². The molecule has 0 saturated heterocycles. The Bertz CT molecular complexity index is 1260. The van der Waals surface area contributed by atoms with Gasteiger partial charge in [-0.3, -0.25) is 4.79 Å². The number of carbonyl (C=O) groups is 1. The van der Waals surface area contributed by atoms with E-state index >= 15 is 0 Å². The summed E-state index contributed by atoms with van der Waals surface area (Å²) in [7, 11) is -3.79. The van der Waals surface area contributed by atoms with Crippen molar-refractivity contribution in [1.82, 2.24) is 4.31 Å². The molecule has 0 spiro atoms. The van der Waals surface area contributed by atoms with Crippen molar-refractivity contribution in [1.29, 1.82) is 0 Å². The van der Waals surface area contributed by atoms with E-state index in [1.165, 1.54) is 4.31 Å². The maximum atomic E-state index is 13.7. The summed E-state index contributed by atoms with van der Waals surface area (Å²) in [6.07, 6.45) is 0.608. The lowest BCUT2D eigenvalue weighted by Crippen LogP contribution is -2.32. The molecule has 1 aliphatic rings. The summed E-state index contributed by atoms with van der Waals surface area (Å²) in [5, 5.41) is 2.82. The largest absolute Gasteiger partial charge is 0.321 e. The Labute approximate surface area is 189 Å². The highest BCUT2D eigenvalue weighted by molar-refractivity contribution is 7.89. The van der Waals surface area contributed by atoms with E-state index in [9.17, 15) is 13.2 Å². The fourth-order valence-corrected chi connectivity index (χ4v) is 5.38. The van der Waals surface area contributed by atoms with Gasteiger partial charge in [0, 0.05) is 29.9 Å². The summed E-state index contributed by atoms with van der Waals surface area (Å²) in [5.41, 5.74) is 4.67. The highest BCUT2D eigenvalue weighted by Crippen LogP contribution is 2.36. The highest BCUT2D eigenvalue weighted by atomic mass is 32.2. The first kappa shape index (κ1) is 22.0. The van der Waals surface area contributed by atoms with Crippen LogP contribution in [-0.4, -0.2) is 25.2 Å². The van der Waals surface area contributed by atoms with Crippen LogP contribution in [0.4, 0.5) is 5.69 Å². The van der Waals surface area contributed by atoms with E-state index in [4.69, 9.17) is 0 Å². The predicted octanol–water partition coefficient (Wildman–Crippen LogP) is 4.87. The van der Waals surface area contributed by atoms with Crippen LogP contribution in [0.3, 0.4) is 0 Å². The third-order valence-corrected chi connectivity index (χ3v) is 7.41. The molecule has 0 unspecified atom stereocenters. The lowest BCUT2D eigenvalue weighted by molar-refractivity contribution is -0.110. The molecular formula is C26H26N2O3S. The number of hydrogen-bond donors (Lipinski definition) is 1. The number of sulfonamides is 1. The van der Waals surface area contributed by atoms with Gasteiger partial charge in [0.2, 0.25) is 10.0 Å². The lowest BCUT2D eigenvalue weighted by atomic mass is 10.0. The molecular weight excluding hydrogens is 420 g/mol. The van der Waals surface area contributed by atoms with Crippen LogP contribution < -0.4 is 5.32 Å². The number of benzene rings is 3. The fourth-order valence-electron chi connectivity index (χ4n) is 3.92. The summed E-state index contributed by atoms with van der Waals surface area (Å²) in [6.45, 7) is 4.34. The van der Waals surface area contributed by atoms with Crippen LogP contribution in [0.15, 0.2) is 89.3 Å². The number of carbonyl (C=O) groups excluding carboxylic acids is 1. The van der Waals surface area contributed by atoms with Crippen LogP contribution in [0.5, 0.6) is 0 Å². The number of nitrogens with zero attached hydrogens (tertiary/aromatic N) is 1. The first-order valence-electron chi connectivity index (χ1n) is 10.6. The predicted molar refractivity (Wildman–Crippen MR) is 128 cm³/mol. The number of rotatable bonds is 7. The van der Waals surface area contributed by atoms with E-state index in [2.05, 4.69) is 5.32 Å². The summed E-state index contributed by atoms with van der Waals surface area (Å²) in [5.74, 6) is -0.195. The minimum absolute atomic E-state index is 0.190. The average Bonchev–Trinajstić information content (AvgIpc) is 3.13. The molecule has 5 nitrogen and oxygen atoms in total. The van der Waals surface area contributed by atoms with Crippen molar-refractivity contribution in [3.63, 3.8) is 0 Å². The van der Waals surface area contributed by atoms with Gasteiger partial charge >= 0.3 is 0 Å². The third-order valence-electron chi connectivity index (χ3n) is 5.57. The zero-order valence-electron chi connectivity index (χ0n) is 18.2. The van der Waals surface area contributed by atoms with E-state index < -0.39 is 10.0 Å². The number of allylic oxidation sites excluding steroid dienone is 1. The van der Waals surface area contributed by atoms with E-state index in [-0.39, 0.29) is 17.3 Å². The third kappa shape index (κ3) is 4.52. The molecule has 0 aliphatic carbocycles. The molecule has 3 aromatic rings. The van der Waals surface area contributed by atoms with Crippen molar-refractivity contribution in [3.8, 4) is 0 Å². The van der Waals surface area contributed by atoms with E-state index in [1.54, 1.807) is 18.2 Å². The van der Waals surface area contributed by atoms with Crippen molar-refractivity contribution in [2.24, 2.45) is 0 Å². The van der Waals surface area contributed by atoms with Crippen LogP contribution in [-0.2, 0) is 27.8 Å². The summed E-state index contributed by atoms with van der Waals surface area (Å²) >= 11 is 0. The van der Waals surface area contributed by atoms with Gasteiger partial charge in [-0.05, 0) is 49.6 Å². The summed E-state index contributed by atoms with van der Waals surface area (Å²) in [4.78, 5) is 12.5. The smallest absolute Gasteiger partial charge is 0.256 e. The van der Waals surface area contributed by atoms with Gasteiger partial charge in [-0.25, -0.2) is 8.42 Å². The number of anilines is 1. The SMILES string of the molecule is CC(C)=C1C(=O)Nc2ccc(S(=O)(=O)N(CCc3ccccc3)Cc3ccccc3)cc21. The van der Waals surface area contributed by atoms with E-state index in [1.807, 2.05) is 74.5 Å². The van der Waals surface area contributed by atoms with Gasteiger partial charge in [-0.2, -0.15) is 4.31 Å². The Morgan fingerprint density at radius 2 is 1.50 bits per heavy atom. The normalized spacial score (nSPS) is 13.2. The van der Waals surface area contributed by atoms with Gasteiger partial charge in [0.1, 0.15) is 0 Å². The van der Waals surface area contributed by atoms with Gasteiger partial charge in [0.05, 0.1) is 4.90 Å². The monoisotopic (exact) mass is 446 g/mol. The maximum Gasteiger partial charge on any atom is 0.256 e. The van der Waals surface area contributed by atoms with Crippen molar-refractivity contribution >= 4 is 27.2 Å². The number of fused-ring (bicyclic) bond motifs is 1. The summed E-state index contributed by atoms with van der Waals surface area (Å²) < 4.78 is 29.0. The van der Waals surface area contributed by atoms with Crippen molar-refractivity contribution in [3.05, 3.63) is 101 Å². The second kappa shape index (κ2) is 9.10. The molecule has 0 saturated carbocycles. The first-order valence-corrected chi connectivity index (χ1v) is 12.0. The van der Waals surface area contributed by atoms with Crippen LogP contribution in [0, 0.1) is 0 Å². The molecule has 0 fully saturated rings. The van der Waals surface area contributed by atoms with Crippen molar-refractivity contribution in [2.75, 3.05) is 11.9 Å². The standard InChI is InChI=1S/C26H26N2O3S/c1-19(2)25-23-17-22(13-14-24(23)27-26(25)29)32(30,31)28(18-21-11-7-4-8-12-21)16-15-20-9-5-3-6-10-20/h3-14,17H,15-16,18H2,1-2H3,(H,27,29). The molecule has 1 N–H and O–H groups in total. The second-order valence-electron chi connectivity index (χ2n) is 8.10. The Morgan fingerprint density at radius 1 is 0.875 bits per heavy atom. The number of amides is 1. The van der Waals surface area contributed by atoms with E-state index in [0.29, 0.717) is 29.8 Å². The molecule has 4 rings (SSSR count). The van der Waals surface area contributed by atoms with Gasteiger partial charge in [-0.15, -0.1) is 0 Å². The Kier molecular flexibility index (Phi) is 6.26. The second-order valence-corrected chi connectivity index (χ2v) is 10.0. The minimum Gasteiger partial charge on any atom is -0.321 e. The lowest BCUT2D eigenvalue weighted by Gasteiger charge is -2.23. The van der Waals surface area contributed by atoms with Gasteiger partial charge in [0.15, 0.2) is 0 Å². The Morgan fingerprint density at radius 3 is 2.12 bits per heavy atom. The fraction of sp³-hybridized carbons (Fsp3) is 0.192. The first-order chi connectivity index (χ1) is 15.4. The van der Waals surface area contributed by atoms with Crippen LogP contribution >= 0.6 is 0 Å². The molecule has 1 heterocycles. The molecule has 6 heteroatoms. The number of hydrogen-bond acceptors (Lipinski definition) is 3. The molecule has 1 amide bonds. The van der Waals surface area contributed by atoms with Gasteiger partial charge < -0.3 is 5.32 Å². The molecule has 0 bridgehead atoms. The summed E-state index contributed by atoms with van der Waals surface area (Å²) in [6, 6.07) is 24.3. The Hall–Kier alpha value is -3.22. The molecule has 0 aromatic heterocycles. The Balaban J connectivity index is 1.70. The highest BCUT2D eigenvalue weighted by Gasteiger charge is 2.30. The average molecular weight is 447 g/mol. The van der Waals surface area contributed by atoms with Crippen LogP contribution in [0.1, 0.15) is 30.5 Å². The molecule has 1 aliphatic heterocycles. The molecule has 0 radical (unpaired) electrons.